The summed E-state index contributed by atoms with van der Waals surface area (Å²) in [5.74, 6) is 4.08. The molecule has 0 unspecified atom stereocenters. The van der Waals surface area contributed by atoms with Gasteiger partial charge >= 0.3 is 0 Å². The van der Waals surface area contributed by atoms with E-state index in [0.29, 0.717) is 10.8 Å². The van der Waals surface area contributed by atoms with Gasteiger partial charge in [-0.05, 0) is 96.2 Å². The monoisotopic (exact) mass is 330 g/mol. The predicted molar refractivity (Wildman–Crippen MR) is 103 cm³/mol. The van der Waals surface area contributed by atoms with E-state index >= 15 is 0 Å². The molecule has 5 atom stereocenters. The highest BCUT2D eigenvalue weighted by atomic mass is 32.2. The molecule has 4 aliphatic rings. The molecule has 128 valence electrons. The van der Waals surface area contributed by atoms with Crippen molar-refractivity contribution in [2.45, 2.75) is 78.6 Å². The zero-order chi connectivity index (χ0) is 16.2. The third-order valence-corrected chi connectivity index (χ3v) is 9.19. The van der Waals surface area contributed by atoms with Crippen molar-refractivity contribution in [1.82, 2.24) is 0 Å². The minimum absolute atomic E-state index is 0.444. The number of fused-ring (bicyclic) bond motifs is 5. The van der Waals surface area contributed by atoms with Crippen LogP contribution in [0.5, 0.6) is 0 Å². The maximum absolute atomic E-state index is 4.63. The second kappa shape index (κ2) is 5.68. The van der Waals surface area contributed by atoms with Gasteiger partial charge in [0.2, 0.25) is 0 Å². The number of hydrogen-bond acceptors (Lipinski definition) is 1. The van der Waals surface area contributed by atoms with Crippen LogP contribution in [0.25, 0.3) is 0 Å². The third kappa shape index (κ3) is 2.32. The van der Waals surface area contributed by atoms with Crippen LogP contribution >= 0.6 is 11.8 Å². The van der Waals surface area contributed by atoms with E-state index in [4.69, 9.17) is 0 Å². The fourth-order valence-electron chi connectivity index (χ4n) is 7.22. The van der Waals surface area contributed by atoms with E-state index in [1.54, 1.807) is 10.5 Å². The Morgan fingerprint density at radius 2 is 1.91 bits per heavy atom. The number of rotatable bonds is 2. The second-order valence-corrected chi connectivity index (χ2v) is 10.6. The molecule has 0 heterocycles. The Balaban J connectivity index is 1.74. The third-order valence-electron chi connectivity index (χ3n) is 8.14. The first kappa shape index (κ1) is 16.3. The molecule has 0 radical (unpaired) electrons. The van der Waals surface area contributed by atoms with E-state index in [1.807, 2.05) is 0 Å². The van der Waals surface area contributed by atoms with E-state index in [9.17, 15) is 0 Å². The summed E-state index contributed by atoms with van der Waals surface area (Å²) in [7, 11) is 0. The summed E-state index contributed by atoms with van der Waals surface area (Å²) < 4.78 is 0. The molecule has 0 N–H and O–H groups in total. The standard InChI is InChI=1S/C22H34S/c1-5-23-19-9-7-12-22(4)18-10-13-21(3)11-6-8-17(21)16(18)14-15(2)20(19)22/h16-18H,2,5-14H2,1,3-4H3/t16-,17-,18-,21-,22+/m0/s1. The molecule has 0 bridgehead atoms. The largest absolute Gasteiger partial charge is 0.131 e. The van der Waals surface area contributed by atoms with Gasteiger partial charge in [0.15, 0.2) is 0 Å². The minimum Gasteiger partial charge on any atom is -0.131 e. The van der Waals surface area contributed by atoms with Crippen molar-refractivity contribution in [2.24, 2.45) is 28.6 Å². The van der Waals surface area contributed by atoms with E-state index in [1.165, 1.54) is 69.1 Å². The summed E-state index contributed by atoms with van der Waals surface area (Å²) in [4.78, 5) is 1.71. The fourth-order valence-corrected chi connectivity index (χ4v) is 8.38. The topological polar surface area (TPSA) is 0 Å². The predicted octanol–water partition coefficient (Wildman–Crippen LogP) is 6.98. The van der Waals surface area contributed by atoms with Gasteiger partial charge in [0.05, 0.1) is 0 Å². The molecule has 4 aliphatic carbocycles. The first-order valence-corrected chi connectivity index (χ1v) is 11.0. The smallest absolute Gasteiger partial charge is 0.00337 e. The zero-order valence-electron chi connectivity index (χ0n) is 15.4. The summed E-state index contributed by atoms with van der Waals surface area (Å²) in [5.41, 5.74) is 4.37. The second-order valence-electron chi connectivity index (χ2n) is 9.27. The van der Waals surface area contributed by atoms with Crippen molar-refractivity contribution in [3.8, 4) is 0 Å². The van der Waals surface area contributed by atoms with Crippen LogP contribution in [-0.4, -0.2) is 5.75 Å². The quantitative estimate of drug-likeness (QED) is 0.526. The van der Waals surface area contributed by atoms with Crippen molar-refractivity contribution in [1.29, 1.82) is 0 Å². The van der Waals surface area contributed by atoms with Gasteiger partial charge in [0.25, 0.3) is 0 Å². The first-order valence-electron chi connectivity index (χ1n) is 10.0. The van der Waals surface area contributed by atoms with Crippen molar-refractivity contribution in [2.75, 3.05) is 5.75 Å². The highest BCUT2D eigenvalue weighted by molar-refractivity contribution is 8.03. The molecule has 0 aromatic rings. The lowest BCUT2D eigenvalue weighted by Crippen LogP contribution is -2.49. The zero-order valence-corrected chi connectivity index (χ0v) is 16.2. The van der Waals surface area contributed by atoms with Crippen LogP contribution in [0.4, 0.5) is 0 Å². The van der Waals surface area contributed by atoms with Crippen LogP contribution in [0.2, 0.25) is 0 Å². The van der Waals surface area contributed by atoms with Crippen molar-refractivity contribution < 1.29 is 0 Å². The van der Waals surface area contributed by atoms with E-state index in [-0.39, 0.29) is 0 Å². The van der Waals surface area contributed by atoms with Gasteiger partial charge in [0.1, 0.15) is 0 Å². The Hall–Kier alpha value is -0.170. The van der Waals surface area contributed by atoms with Crippen molar-refractivity contribution in [3.05, 3.63) is 22.6 Å². The molecule has 0 saturated heterocycles. The van der Waals surface area contributed by atoms with E-state index in [0.717, 1.165) is 17.8 Å². The SMILES string of the molecule is C=C1C[C@H]2[C@@H]3CCC[C@@]3(C)CC[C@@H]2[C@@]2(C)CCCC(SCC)=C12. The first-order chi connectivity index (χ1) is 11.0. The van der Waals surface area contributed by atoms with Crippen LogP contribution in [-0.2, 0) is 0 Å². The Bertz CT molecular complexity index is 544. The molecule has 0 aromatic heterocycles. The van der Waals surface area contributed by atoms with Crippen LogP contribution in [0, 0.1) is 28.6 Å². The number of allylic oxidation sites excluding steroid dienone is 3. The van der Waals surface area contributed by atoms with E-state index < -0.39 is 0 Å². The maximum atomic E-state index is 4.63. The summed E-state index contributed by atoms with van der Waals surface area (Å²) in [5, 5.41) is 0. The molecule has 1 heteroatoms. The molecule has 3 fully saturated rings. The van der Waals surface area contributed by atoms with E-state index in [2.05, 4.69) is 39.1 Å². The normalized spacial score (nSPS) is 46.4. The highest BCUT2D eigenvalue weighted by Gasteiger charge is 2.57. The summed E-state index contributed by atoms with van der Waals surface area (Å²) in [6, 6.07) is 0. The lowest BCUT2D eigenvalue weighted by Gasteiger charge is -2.58. The maximum Gasteiger partial charge on any atom is -0.00337 e. The molecular formula is C22H34S. The van der Waals surface area contributed by atoms with Gasteiger partial charge in [-0.15, -0.1) is 11.8 Å². The van der Waals surface area contributed by atoms with Gasteiger partial charge in [-0.25, -0.2) is 0 Å². The molecule has 3 saturated carbocycles. The lowest BCUT2D eigenvalue weighted by molar-refractivity contribution is -0.0248. The van der Waals surface area contributed by atoms with Gasteiger partial charge in [-0.2, -0.15) is 0 Å². The summed E-state index contributed by atoms with van der Waals surface area (Å²) in [6.07, 6.45) is 12.9. The van der Waals surface area contributed by atoms with Gasteiger partial charge in [-0.3, -0.25) is 0 Å². The number of hydrogen-bond donors (Lipinski definition) is 0. The average molecular weight is 331 g/mol. The summed E-state index contributed by atoms with van der Waals surface area (Å²) >= 11 is 2.12. The fraction of sp³-hybridized carbons (Fsp3) is 0.818. The molecular weight excluding hydrogens is 296 g/mol. The van der Waals surface area contributed by atoms with Crippen LogP contribution < -0.4 is 0 Å². The Labute approximate surface area is 147 Å². The van der Waals surface area contributed by atoms with Crippen LogP contribution in [0.15, 0.2) is 22.6 Å². The molecule has 4 rings (SSSR count). The highest BCUT2D eigenvalue weighted by Crippen LogP contribution is 2.67. The molecule has 0 aliphatic heterocycles. The molecule has 0 spiro atoms. The van der Waals surface area contributed by atoms with Gasteiger partial charge in [0, 0.05) is 0 Å². The molecule has 0 aromatic carbocycles. The summed E-state index contributed by atoms with van der Waals surface area (Å²) in [6.45, 7) is 12.2. The molecule has 23 heavy (non-hydrogen) atoms. The number of thioether (sulfide) groups is 1. The lowest BCUT2D eigenvalue weighted by atomic mass is 9.47. The van der Waals surface area contributed by atoms with Gasteiger partial charge in [-0.1, -0.05) is 39.3 Å². The van der Waals surface area contributed by atoms with Crippen molar-refractivity contribution in [3.63, 3.8) is 0 Å². The molecule has 0 nitrogen and oxygen atoms in total. The Kier molecular flexibility index (Phi) is 4.03. The molecule has 0 amide bonds. The average Bonchev–Trinajstić information content (AvgIpc) is 2.89. The van der Waals surface area contributed by atoms with Crippen LogP contribution in [0.3, 0.4) is 0 Å². The van der Waals surface area contributed by atoms with Gasteiger partial charge < -0.3 is 0 Å². The van der Waals surface area contributed by atoms with Crippen LogP contribution in [0.1, 0.15) is 78.6 Å². The Morgan fingerprint density at radius 1 is 1.09 bits per heavy atom. The minimum atomic E-state index is 0.444. The Morgan fingerprint density at radius 3 is 2.70 bits per heavy atom. The van der Waals surface area contributed by atoms with Crippen molar-refractivity contribution >= 4 is 11.8 Å².